The maximum absolute atomic E-state index is 12.7. The van der Waals surface area contributed by atoms with Gasteiger partial charge in [-0.15, -0.1) is 11.3 Å². The third-order valence-corrected chi connectivity index (χ3v) is 4.25. The Morgan fingerprint density at radius 1 is 1.35 bits per heavy atom. The molecule has 0 aliphatic rings. The van der Waals surface area contributed by atoms with Crippen molar-refractivity contribution in [1.82, 2.24) is 4.98 Å². The third-order valence-electron chi connectivity index (χ3n) is 3.11. The molecule has 122 valence electrons. The maximum atomic E-state index is 12.7. The van der Waals surface area contributed by atoms with Gasteiger partial charge in [0.15, 0.2) is 0 Å². The van der Waals surface area contributed by atoms with E-state index in [9.17, 15) is 9.59 Å². The smallest absolute Gasteiger partial charge is 0.323 e. The van der Waals surface area contributed by atoms with Gasteiger partial charge in [0.05, 0.1) is 6.20 Å². The first-order valence-corrected chi connectivity index (χ1v) is 8.00. The molecule has 1 aromatic carbocycles. The zero-order valence-electron chi connectivity index (χ0n) is 12.9. The van der Waals surface area contributed by atoms with Crippen molar-refractivity contribution < 1.29 is 19.4 Å². The van der Waals surface area contributed by atoms with Gasteiger partial charge >= 0.3 is 5.97 Å². The number of aromatic nitrogens is 1. The van der Waals surface area contributed by atoms with Crippen molar-refractivity contribution >= 4 is 28.9 Å². The SMILES string of the molecule is CCOC(C)c1ncc(C(=O)N(CC(=O)O)c2ccccc2)s1. The Morgan fingerprint density at radius 2 is 2.04 bits per heavy atom. The van der Waals surface area contributed by atoms with E-state index in [1.807, 2.05) is 19.9 Å². The van der Waals surface area contributed by atoms with Crippen LogP contribution in [0.1, 0.15) is 34.6 Å². The summed E-state index contributed by atoms with van der Waals surface area (Å²) >= 11 is 1.22. The highest BCUT2D eigenvalue weighted by Crippen LogP contribution is 2.25. The zero-order valence-corrected chi connectivity index (χ0v) is 13.7. The lowest BCUT2D eigenvalue weighted by atomic mass is 10.2. The summed E-state index contributed by atoms with van der Waals surface area (Å²) in [6, 6.07) is 8.72. The fourth-order valence-electron chi connectivity index (χ4n) is 2.05. The summed E-state index contributed by atoms with van der Waals surface area (Å²) in [7, 11) is 0. The van der Waals surface area contributed by atoms with Gasteiger partial charge in [-0.1, -0.05) is 18.2 Å². The van der Waals surface area contributed by atoms with Crippen LogP contribution in [0.3, 0.4) is 0 Å². The van der Waals surface area contributed by atoms with E-state index < -0.39 is 12.5 Å². The predicted octanol–water partition coefficient (Wildman–Crippen LogP) is 2.97. The number of hydrogen-bond donors (Lipinski definition) is 1. The maximum Gasteiger partial charge on any atom is 0.323 e. The van der Waals surface area contributed by atoms with Crippen LogP contribution in [0.5, 0.6) is 0 Å². The number of para-hydroxylation sites is 1. The first-order chi connectivity index (χ1) is 11.0. The molecule has 6 nitrogen and oxygen atoms in total. The van der Waals surface area contributed by atoms with Crippen LogP contribution in [0.2, 0.25) is 0 Å². The molecule has 1 unspecified atom stereocenters. The minimum absolute atomic E-state index is 0.198. The molecule has 0 aliphatic carbocycles. The fourth-order valence-corrected chi connectivity index (χ4v) is 2.92. The van der Waals surface area contributed by atoms with Crippen LogP contribution in [0.15, 0.2) is 36.5 Å². The number of rotatable bonds is 7. The molecule has 1 atom stereocenters. The van der Waals surface area contributed by atoms with Crippen LogP contribution in [-0.4, -0.2) is 35.1 Å². The number of carbonyl (C=O) groups excluding carboxylic acids is 1. The van der Waals surface area contributed by atoms with Crippen molar-refractivity contribution in [2.24, 2.45) is 0 Å². The van der Waals surface area contributed by atoms with Gasteiger partial charge in [0, 0.05) is 12.3 Å². The van der Waals surface area contributed by atoms with Crippen LogP contribution in [0, 0.1) is 0 Å². The molecule has 2 aromatic rings. The Balaban J connectivity index is 2.25. The van der Waals surface area contributed by atoms with Crippen molar-refractivity contribution in [1.29, 1.82) is 0 Å². The molecule has 1 heterocycles. The van der Waals surface area contributed by atoms with E-state index in [1.165, 1.54) is 22.4 Å². The Hall–Kier alpha value is -2.25. The molecular weight excluding hydrogens is 316 g/mol. The van der Waals surface area contributed by atoms with Gasteiger partial charge in [-0.25, -0.2) is 4.98 Å². The van der Waals surface area contributed by atoms with Crippen LogP contribution >= 0.6 is 11.3 Å². The number of thiazole rings is 1. The van der Waals surface area contributed by atoms with Crippen molar-refractivity contribution in [2.45, 2.75) is 20.0 Å². The molecule has 1 N–H and O–H groups in total. The van der Waals surface area contributed by atoms with E-state index in [1.54, 1.807) is 24.3 Å². The second-order valence-corrected chi connectivity index (χ2v) is 5.84. The molecule has 23 heavy (non-hydrogen) atoms. The zero-order chi connectivity index (χ0) is 16.8. The van der Waals surface area contributed by atoms with E-state index in [-0.39, 0.29) is 12.0 Å². The summed E-state index contributed by atoms with van der Waals surface area (Å²) in [6.07, 6.45) is 1.27. The molecule has 0 fully saturated rings. The molecule has 1 aromatic heterocycles. The number of nitrogens with zero attached hydrogens (tertiary/aromatic N) is 2. The van der Waals surface area contributed by atoms with Crippen molar-refractivity contribution in [2.75, 3.05) is 18.1 Å². The summed E-state index contributed by atoms with van der Waals surface area (Å²) in [4.78, 5) is 29.6. The highest BCUT2D eigenvalue weighted by molar-refractivity contribution is 7.13. The van der Waals surface area contributed by atoms with E-state index in [0.29, 0.717) is 22.2 Å². The monoisotopic (exact) mass is 334 g/mol. The molecule has 2 rings (SSSR count). The van der Waals surface area contributed by atoms with E-state index >= 15 is 0 Å². The Bertz CT molecular complexity index is 672. The lowest BCUT2D eigenvalue weighted by Crippen LogP contribution is -2.35. The molecule has 0 saturated carbocycles. The highest BCUT2D eigenvalue weighted by Gasteiger charge is 2.23. The Morgan fingerprint density at radius 3 is 2.65 bits per heavy atom. The summed E-state index contributed by atoms with van der Waals surface area (Å²) < 4.78 is 5.46. The van der Waals surface area contributed by atoms with Gasteiger partial charge in [0.1, 0.15) is 22.5 Å². The van der Waals surface area contributed by atoms with Gasteiger partial charge < -0.3 is 9.84 Å². The van der Waals surface area contributed by atoms with Crippen LogP contribution in [0.25, 0.3) is 0 Å². The number of carbonyl (C=O) groups is 2. The molecule has 1 amide bonds. The van der Waals surface area contributed by atoms with Crippen LogP contribution in [0.4, 0.5) is 5.69 Å². The highest BCUT2D eigenvalue weighted by atomic mass is 32.1. The van der Waals surface area contributed by atoms with Crippen LogP contribution in [-0.2, 0) is 9.53 Å². The number of carboxylic acids is 1. The molecular formula is C16H18N2O4S. The van der Waals surface area contributed by atoms with Gasteiger partial charge in [-0.05, 0) is 26.0 Å². The van der Waals surface area contributed by atoms with Gasteiger partial charge in [-0.3, -0.25) is 14.5 Å². The largest absolute Gasteiger partial charge is 0.480 e. The number of aliphatic carboxylic acids is 1. The number of amides is 1. The average Bonchev–Trinajstić information content (AvgIpc) is 3.03. The van der Waals surface area contributed by atoms with E-state index in [2.05, 4.69) is 4.98 Å². The van der Waals surface area contributed by atoms with Gasteiger partial charge in [-0.2, -0.15) is 0 Å². The average molecular weight is 334 g/mol. The van der Waals surface area contributed by atoms with E-state index in [0.717, 1.165) is 0 Å². The molecule has 0 bridgehead atoms. The van der Waals surface area contributed by atoms with Crippen molar-refractivity contribution in [3.63, 3.8) is 0 Å². The quantitative estimate of drug-likeness (QED) is 0.842. The Kier molecular flexibility index (Phi) is 5.84. The fraction of sp³-hybridized carbons (Fsp3) is 0.312. The van der Waals surface area contributed by atoms with Crippen molar-refractivity contribution in [3.05, 3.63) is 46.4 Å². The first-order valence-electron chi connectivity index (χ1n) is 7.19. The molecule has 0 radical (unpaired) electrons. The normalized spacial score (nSPS) is 11.9. The molecule has 0 aliphatic heterocycles. The van der Waals surface area contributed by atoms with E-state index in [4.69, 9.17) is 9.84 Å². The minimum atomic E-state index is -1.07. The lowest BCUT2D eigenvalue weighted by molar-refractivity contribution is -0.135. The second kappa shape index (κ2) is 7.85. The molecule has 7 heteroatoms. The number of ether oxygens (including phenoxy) is 1. The summed E-state index contributed by atoms with van der Waals surface area (Å²) in [5.74, 6) is -1.46. The van der Waals surface area contributed by atoms with Gasteiger partial charge in [0.25, 0.3) is 5.91 Å². The number of anilines is 1. The predicted molar refractivity (Wildman–Crippen MR) is 87.9 cm³/mol. The summed E-state index contributed by atoms with van der Waals surface area (Å²) in [6.45, 7) is 3.90. The molecule has 0 spiro atoms. The van der Waals surface area contributed by atoms with Crippen molar-refractivity contribution in [3.8, 4) is 0 Å². The lowest BCUT2D eigenvalue weighted by Gasteiger charge is -2.19. The minimum Gasteiger partial charge on any atom is -0.480 e. The number of benzene rings is 1. The third kappa shape index (κ3) is 4.37. The summed E-state index contributed by atoms with van der Waals surface area (Å²) in [5.41, 5.74) is 0.535. The number of carboxylic acid groups (broad SMARTS) is 1. The topological polar surface area (TPSA) is 79.7 Å². The number of hydrogen-bond acceptors (Lipinski definition) is 5. The Labute approximate surface area is 138 Å². The van der Waals surface area contributed by atoms with Crippen LogP contribution < -0.4 is 4.90 Å². The summed E-state index contributed by atoms with van der Waals surface area (Å²) in [5, 5.41) is 9.77. The first kappa shape index (κ1) is 17.1. The molecule has 0 saturated heterocycles. The van der Waals surface area contributed by atoms with Gasteiger partial charge in [0.2, 0.25) is 0 Å². The second-order valence-electron chi connectivity index (χ2n) is 4.78. The standard InChI is InChI=1S/C16H18N2O4S/c1-3-22-11(2)15-17-9-13(23-15)16(21)18(10-14(19)20)12-7-5-4-6-8-12/h4-9,11H,3,10H2,1-2H3,(H,19,20).